The lowest BCUT2D eigenvalue weighted by atomic mass is 10.3. The number of amides is 1. The van der Waals surface area contributed by atoms with Gasteiger partial charge in [0.1, 0.15) is 12.2 Å². The summed E-state index contributed by atoms with van der Waals surface area (Å²) in [5, 5.41) is 10.6. The maximum Gasteiger partial charge on any atom is 0.271 e. The molecule has 0 aliphatic heterocycles. The number of nitrogens with zero attached hydrogens (tertiary/aromatic N) is 2. The standard InChI is InChI=1S/C7H7N3OS/c1-5-4-6(10-12-5)7(11)9-3-2-8/h4H,3H2,1H3,(H,9,11). The van der Waals surface area contributed by atoms with E-state index in [-0.39, 0.29) is 12.5 Å². The molecule has 0 saturated heterocycles. The predicted molar refractivity (Wildman–Crippen MR) is 44.8 cm³/mol. The first-order valence-corrected chi connectivity index (χ1v) is 4.10. The quantitative estimate of drug-likeness (QED) is 0.683. The van der Waals surface area contributed by atoms with Gasteiger partial charge in [0.25, 0.3) is 5.91 Å². The molecule has 0 saturated carbocycles. The van der Waals surface area contributed by atoms with Gasteiger partial charge in [-0.2, -0.15) is 9.64 Å². The van der Waals surface area contributed by atoms with Crippen molar-refractivity contribution in [2.45, 2.75) is 6.92 Å². The maximum absolute atomic E-state index is 11.1. The van der Waals surface area contributed by atoms with Gasteiger partial charge in [-0.1, -0.05) is 0 Å². The fourth-order valence-electron chi connectivity index (χ4n) is 0.684. The third-order valence-corrected chi connectivity index (χ3v) is 1.88. The Hall–Kier alpha value is -1.41. The number of rotatable bonds is 2. The van der Waals surface area contributed by atoms with E-state index in [1.54, 1.807) is 6.07 Å². The molecule has 0 radical (unpaired) electrons. The lowest BCUT2D eigenvalue weighted by Gasteiger charge is -1.93. The highest BCUT2D eigenvalue weighted by Crippen LogP contribution is 2.07. The summed E-state index contributed by atoms with van der Waals surface area (Å²) in [5.41, 5.74) is 0.382. The van der Waals surface area contributed by atoms with E-state index < -0.39 is 0 Å². The van der Waals surface area contributed by atoms with Gasteiger partial charge >= 0.3 is 0 Å². The second kappa shape index (κ2) is 3.83. The Morgan fingerprint density at radius 1 is 1.92 bits per heavy atom. The van der Waals surface area contributed by atoms with Crippen LogP contribution in [0.5, 0.6) is 0 Å². The van der Waals surface area contributed by atoms with Crippen LogP contribution in [0.4, 0.5) is 0 Å². The molecule has 1 rings (SSSR count). The van der Waals surface area contributed by atoms with Crippen LogP contribution in [0.15, 0.2) is 6.07 Å². The fourth-order valence-corrected chi connectivity index (χ4v) is 1.23. The van der Waals surface area contributed by atoms with E-state index in [2.05, 4.69) is 9.69 Å². The molecule has 0 aromatic carbocycles. The highest BCUT2D eigenvalue weighted by molar-refractivity contribution is 7.05. The number of hydrogen-bond acceptors (Lipinski definition) is 4. The van der Waals surface area contributed by atoms with Gasteiger partial charge in [0, 0.05) is 4.88 Å². The molecule has 12 heavy (non-hydrogen) atoms. The smallest absolute Gasteiger partial charge is 0.271 e. The number of aryl methyl sites for hydroxylation is 1. The molecule has 0 atom stereocenters. The van der Waals surface area contributed by atoms with Gasteiger partial charge in [-0.3, -0.25) is 4.79 Å². The number of hydrogen-bond donors (Lipinski definition) is 1. The van der Waals surface area contributed by atoms with Crippen LogP contribution < -0.4 is 5.32 Å². The number of carbonyl (C=O) groups excluding carboxylic acids is 1. The molecule has 0 spiro atoms. The van der Waals surface area contributed by atoms with Gasteiger partial charge in [-0.05, 0) is 24.5 Å². The van der Waals surface area contributed by atoms with Crippen LogP contribution in [0.2, 0.25) is 0 Å². The average molecular weight is 181 g/mol. The van der Waals surface area contributed by atoms with Crippen molar-refractivity contribution in [3.05, 3.63) is 16.6 Å². The Morgan fingerprint density at radius 2 is 2.67 bits per heavy atom. The predicted octanol–water partition coefficient (Wildman–Crippen LogP) is 0.705. The van der Waals surface area contributed by atoms with Crippen LogP contribution in [0.3, 0.4) is 0 Å². The number of aromatic nitrogens is 1. The van der Waals surface area contributed by atoms with Gasteiger partial charge in [0.05, 0.1) is 6.07 Å². The molecule has 1 amide bonds. The molecule has 1 N–H and O–H groups in total. The lowest BCUT2D eigenvalue weighted by Crippen LogP contribution is -2.23. The van der Waals surface area contributed by atoms with Crippen molar-refractivity contribution in [3.8, 4) is 6.07 Å². The molecule has 0 bridgehead atoms. The highest BCUT2D eigenvalue weighted by Gasteiger charge is 2.07. The summed E-state index contributed by atoms with van der Waals surface area (Å²) in [6.07, 6.45) is 0. The number of nitriles is 1. The van der Waals surface area contributed by atoms with Gasteiger partial charge in [-0.25, -0.2) is 0 Å². The summed E-state index contributed by atoms with van der Waals surface area (Å²) in [4.78, 5) is 12.1. The van der Waals surface area contributed by atoms with Crippen molar-refractivity contribution >= 4 is 17.4 Å². The molecular weight excluding hydrogens is 174 g/mol. The largest absolute Gasteiger partial charge is 0.338 e. The van der Waals surface area contributed by atoms with Crippen molar-refractivity contribution in [2.75, 3.05) is 6.54 Å². The molecule has 1 heterocycles. The molecule has 4 nitrogen and oxygen atoms in total. The van der Waals surface area contributed by atoms with Gasteiger partial charge in [0.15, 0.2) is 0 Å². The van der Waals surface area contributed by atoms with E-state index in [1.165, 1.54) is 11.5 Å². The molecule has 1 aromatic heterocycles. The Morgan fingerprint density at radius 3 is 3.17 bits per heavy atom. The summed E-state index contributed by atoms with van der Waals surface area (Å²) in [5.74, 6) is -0.291. The summed E-state index contributed by atoms with van der Waals surface area (Å²) in [7, 11) is 0. The fraction of sp³-hybridized carbons (Fsp3) is 0.286. The van der Waals surface area contributed by atoms with Crippen molar-refractivity contribution in [2.24, 2.45) is 0 Å². The molecule has 1 aromatic rings. The lowest BCUT2D eigenvalue weighted by molar-refractivity contribution is 0.0954. The van der Waals surface area contributed by atoms with Crippen molar-refractivity contribution in [3.63, 3.8) is 0 Å². The first kappa shape index (κ1) is 8.68. The third-order valence-electron chi connectivity index (χ3n) is 1.19. The second-order valence-corrected chi connectivity index (χ2v) is 3.17. The zero-order valence-electron chi connectivity index (χ0n) is 6.50. The average Bonchev–Trinajstić information content (AvgIpc) is 2.47. The Labute approximate surface area is 74.0 Å². The Bertz CT molecular complexity index is 326. The zero-order valence-corrected chi connectivity index (χ0v) is 7.31. The van der Waals surface area contributed by atoms with E-state index in [4.69, 9.17) is 5.26 Å². The minimum absolute atomic E-state index is 0.0232. The summed E-state index contributed by atoms with van der Waals surface area (Å²) in [6.45, 7) is 1.90. The maximum atomic E-state index is 11.1. The van der Waals surface area contributed by atoms with E-state index in [9.17, 15) is 4.79 Å². The summed E-state index contributed by atoms with van der Waals surface area (Å²) in [6, 6.07) is 3.51. The number of nitrogens with one attached hydrogen (secondary N) is 1. The Balaban J connectivity index is 2.61. The van der Waals surface area contributed by atoms with Crippen LogP contribution in [0.1, 0.15) is 15.4 Å². The molecule has 0 aliphatic rings. The van der Waals surface area contributed by atoms with Crippen LogP contribution in [-0.4, -0.2) is 16.8 Å². The molecule has 0 fully saturated rings. The minimum atomic E-state index is -0.291. The summed E-state index contributed by atoms with van der Waals surface area (Å²) < 4.78 is 3.89. The Kier molecular flexibility index (Phi) is 2.77. The first-order chi connectivity index (χ1) is 5.74. The normalized spacial score (nSPS) is 9.00. The zero-order chi connectivity index (χ0) is 8.97. The SMILES string of the molecule is Cc1cc(C(=O)NCC#N)ns1. The topological polar surface area (TPSA) is 65.8 Å². The van der Waals surface area contributed by atoms with E-state index in [1.807, 2.05) is 13.0 Å². The van der Waals surface area contributed by atoms with Gasteiger partial charge in [0.2, 0.25) is 0 Å². The van der Waals surface area contributed by atoms with Gasteiger partial charge < -0.3 is 5.32 Å². The van der Waals surface area contributed by atoms with Gasteiger partial charge in [-0.15, -0.1) is 0 Å². The molecule has 0 aliphatic carbocycles. The van der Waals surface area contributed by atoms with Crippen molar-refractivity contribution in [1.29, 1.82) is 5.26 Å². The van der Waals surface area contributed by atoms with E-state index in [0.717, 1.165) is 4.88 Å². The van der Waals surface area contributed by atoms with Crippen molar-refractivity contribution < 1.29 is 4.79 Å². The van der Waals surface area contributed by atoms with E-state index >= 15 is 0 Å². The van der Waals surface area contributed by atoms with E-state index in [0.29, 0.717) is 5.69 Å². The highest BCUT2D eigenvalue weighted by atomic mass is 32.1. The van der Waals surface area contributed by atoms with Crippen LogP contribution in [0.25, 0.3) is 0 Å². The third kappa shape index (κ3) is 2.04. The van der Waals surface area contributed by atoms with Crippen LogP contribution in [0, 0.1) is 18.3 Å². The monoisotopic (exact) mass is 181 g/mol. The number of carbonyl (C=O) groups is 1. The molecule has 62 valence electrons. The molecule has 5 heteroatoms. The van der Waals surface area contributed by atoms with Crippen molar-refractivity contribution in [1.82, 2.24) is 9.69 Å². The van der Waals surface area contributed by atoms with Crippen LogP contribution >= 0.6 is 11.5 Å². The first-order valence-electron chi connectivity index (χ1n) is 3.32. The molecule has 0 unspecified atom stereocenters. The second-order valence-electron chi connectivity index (χ2n) is 2.16. The molecular formula is C7H7N3OS. The summed E-state index contributed by atoms with van der Waals surface area (Å²) >= 11 is 1.27. The van der Waals surface area contributed by atoms with Crippen LogP contribution in [-0.2, 0) is 0 Å². The minimum Gasteiger partial charge on any atom is -0.338 e.